The minimum absolute atomic E-state index is 0.0219. The van der Waals surface area contributed by atoms with Gasteiger partial charge in [0.15, 0.2) is 6.10 Å². The zero-order valence-electron chi connectivity index (χ0n) is 17.9. The number of carbonyl (C=O) groups is 4. The molecule has 2 saturated carbocycles. The van der Waals surface area contributed by atoms with E-state index in [2.05, 4.69) is 10.6 Å². The van der Waals surface area contributed by atoms with E-state index in [9.17, 15) is 19.2 Å². The second kappa shape index (κ2) is 8.54. The summed E-state index contributed by atoms with van der Waals surface area (Å²) in [4.78, 5) is 54.2. The maximum absolute atomic E-state index is 13.4. The molecule has 2 N–H and O–H groups in total. The third-order valence-electron chi connectivity index (χ3n) is 6.79. The van der Waals surface area contributed by atoms with Crippen LogP contribution in [-0.2, 0) is 19.1 Å². The Bertz CT molecular complexity index is 918. The maximum Gasteiger partial charge on any atom is 0.328 e. The van der Waals surface area contributed by atoms with Crippen LogP contribution in [0.1, 0.15) is 38.5 Å². The van der Waals surface area contributed by atoms with Crippen molar-refractivity contribution in [2.24, 2.45) is 5.92 Å². The zero-order chi connectivity index (χ0) is 22.2. The van der Waals surface area contributed by atoms with E-state index in [0.29, 0.717) is 5.69 Å². The number of para-hydroxylation sites is 1. The number of nitrogens with one attached hydrogen (secondary N) is 2. The zero-order valence-corrected chi connectivity index (χ0v) is 17.9. The summed E-state index contributed by atoms with van der Waals surface area (Å²) in [5.74, 6) is -1.16. The third kappa shape index (κ3) is 4.09. The number of ether oxygens (including phenoxy) is 1. The highest BCUT2D eigenvalue weighted by atomic mass is 16.5. The van der Waals surface area contributed by atoms with Gasteiger partial charge in [-0.1, -0.05) is 31.0 Å². The molecule has 2 heterocycles. The lowest BCUT2D eigenvalue weighted by Crippen LogP contribution is -2.66. The summed E-state index contributed by atoms with van der Waals surface area (Å²) in [7, 11) is 0. The van der Waals surface area contributed by atoms with Crippen LogP contribution < -0.4 is 10.6 Å². The molecule has 0 aromatic heterocycles. The van der Waals surface area contributed by atoms with E-state index in [0.717, 1.165) is 43.4 Å². The number of anilines is 1. The molecule has 2 saturated heterocycles. The lowest BCUT2D eigenvalue weighted by molar-refractivity contribution is -0.149. The van der Waals surface area contributed by atoms with Crippen molar-refractivity contribution in [1.29, 1.82) is 0 Å². The monoisotopic (exact) mass is 440 g/mol. The van der Waals surface area contributed by atoms with Gasteiger partial charge in [0.1, 0.15) is 13.1 Å². The number of nitrogens with zero attached hydrogens (tertiary/aromatic N) is 2. The Hall–Kier alpha value is -2.94. The highest BCUT2D eigenvalue weighted by Gasteiger charge is 2.57. The number of hydrogen-bond acceptors (Lipinski definition) is 5. The van der Waals surface area contributed by atoms with Crippen LogP contribution >= 0.6 is 0 Å². The number of amides is 5. The Morgan fingerprint density at radius 3 is 2.47 bits per heavy atom. The molecule has 4 aliphatic rings. The normalized spacial score (nSPS) is 29.4. The fourth-order valence-electron chi connectivity index (χ4n) is 5.15. The van der Waals surface area contributed by atoms with Crippen LogP contribution in [0.25, 0.3) is 0 Å². The highest BCUT2D eigenvalue weighted by Crippen LogP contribution is 2.42. The predicted octanol–water partition coefficient (Wildman–Crippen LogP) is 1.49. The van der Waals surface area contributed by atoms with E-state index in [1.165, 1.54) is 4.90 Å². The number of hydrogen-bond donors (Lipinski definition) is 2. The van der Waals surface area contributed by atoms with Gasteiger partial charge in [-0.2, -0.15) is 0 Å². The SMILES string of the molecule is O=C(CN1C(=O)N(CC(=O)NC2CC2)C(=O)C2OC3CCCCC3C21)Nc1ccccc1. The number of urea groups is 1. The Morgan fingerprint density at radius 1 is 0.969 bits per heavy atom. The van der Waals surface area contributed by atoms with Crippen LogP contribution in [0.15, 0.2) is 30.3 Å². The number of imide groups is 1. The van der Waals surface area contributed by atoms with Gasteiger partial charge in [0.05, 0.1) is 12.1 Å². The van der Waals surface area contributed by atoms with Crippen LogP contribution in [-0.4, -0.2) is 70.9 Å². The van der Waals surface area contributed by atoms with Crippen LogP contribution in [0.2, 0.25) is 0 Å². The fourth-order valence-corrected chi connectivity index (χ4v) is 5.15. The average molecular weight is 441 g/mol. The van der Waals surface area contributed by atoms with Gasteiger partial charge in [0.2, 0.25) is 11.8 Å². The van der Waals surface area contributed by atoms with Gasteiger partial charge in [0, 0.05) is 17.6 Å². The van der Waals surface area contributed by atoms with Crippen molar-refractivity contribution in [3.8, 4) is 0 Å². The van der Waals surface area contributed by atoms with Gasteiger partial charge in [-0.15, -0.1) is 0 Å². The van der Waals surface area contributed by atoms with Gasteiger partial charge in [-0.3, -0.25) is 19.3 Å². The summed E-state index contributed by atoms with van der Waals surface area (Å²) in [5.41, 5.74) is 0.633. The number of fused-ring (bicyclic) bond motifs is 3. The molecule has 32 heavy (non-hydrogen) atoms. The van der Waals surface area contributed by atoms with E-state index in [-0.39, 0.29) is 43.0 Å². The van der Waals surface area contributed by atoms with Crippen LogP contribution in [0.5, 0.6) is 0 Å². The largest absolute Gasteiger partial charge is 0.363 e. The summed E-state index contributed by atoms with van der Waals surface area (Å²) < 4.78 is 6.12. The topological polar surface area (TPSA) is 108 Å². The smallest absolute Gasteiger partial charge is 0.328 e. The molecule has 4 unspecified atom stereocenters. The first-order valence-electron chi connectivity index (χ1n) is 11.4. The third-order valence-corrected chi connectivity index (χ3v) is 6.79. The molecule has 4 atom stereocenters. The lowest BCUT2D eigenvalue weighted by Gasteiger charge is -2.42. The summed E-state index contributed by atoms with van der Waals surface area (Å²) in [6, 6.07) is 8.07. The van der Waals surface area contributed by atoms with E-state index in [1.54, 1.807) is 12.1 Å². The predicted molar refractivity (Wildman–Crippen MR) is 114 cm³/mol. The summed E-state index contributed by atoms with van der Waals surface area (Å²) in [6.45, 7) is -0.553. The standard InChI is InChI=1S/C23H28N4O5/c28-18(24-14-6-2-1-3-7-14)12-26-20-16-8-4-5-9-17(16)32-21(20)22(30)27(23(26)31)13-19(29)25-15-10-11-15/h1-3,6-7,15-17,20-21H,4-5,8-13H2,(H,24,28)(H,25,29). The van der Waals surface area contributed by atoms with Crippen molar-refractivity contribution >= 4 is 29.4 Å². The molecule has 5 rings (SSSR count). The quantitative estimate of drug-likeness (QED) is 0.697. The molecule has 9 heteroatoms. The first-order chi connectivity index (χ1) is 15.5. The number of rotatable bonds is 6. The van der Waals surface area contributed by atoms with E-state index < -0.39 is 24.1 Å². The summed E-state index contributed by atoms with van der Waals surface area (Å²) in [5, 5.41) is 5.62. The second-order valence-electron chi connectivity index (χ2n) is 9.12. The Morgan fingerprint density at radius 2 is 1.72 bits per heavy atom. The molecule has 2 aliphatic carbocycles. The molecule has 5 amide bonds. The van der Waals surface area contributed by atoms with Crippen LogP contribution in [0.3, 0.4) is 0 Å². The molecule has 0 radical (unpaired) electrons. The molecule has 170 valence electrons. The van der Waals surface area contributed by atoms with Crippen molar-refractivity contribution in [3.63, 3.8) is 0 Å². The minimum Gasteiger partial charge on any atom is -0.363 e. The molecule has 0 bridgehead atoms. The molecular weight excluding hydrogens is 412 g/mol. The molecule has 4 fully saturated rings. The van der Waals surface area contributed by atoms with Gasteiger partial charge in [-0.05, 0) is 37.8 Å². The van der Waals surface area contributed by atoms with E-state index >= 15 is 0 Å². The van der Waals surface area contributed by atoms with Gasteiger partial charge < -0.3 is 20.3 Å². The van der Waals surface area contributed by atoms with Gasteiger partial charge in [-0.25, -0.2) is 4.79 Å². The Kier molecular flexibility index (Phi) is 5.58. The maximum atomic E-state index is 13.4. The number of benzene rings is 1. The average Bonchev–Trinajstić information content (AvgIpc) is 3.51. The van der Waals surface area contributed by atoms with Crippen LogP contribution in [0.4, 0.5) is 10.5 Å². The second-order valence-corrected chi connectivity index (χ2v) is 9.12. The minimum atomic E-state index is -0.834. The molecule has 1 aromatic carbocycles. The van der Waals surface area contributed by atoms with Crippen molar-refractivity contribution in [1.82, 2.24) is 15.1 Å². The molecular formula is C23H28N4O5. The van der Waals surface area contributed by atoms with E-state index in [4.69, 9.17) is 4.74 Å². The lowest BCUT2D eigenvalue weighted by atomic mass is 9.81. The molecule has 9 nitrogen and oxygen atoms in total. The summed E-state index contributed by atoms with van der Waals surface area (Å²) >= 11 is 0. The molecule has 2 aliphatic heterocycles. The highest BCUT2D eigenvalue weighted by molar-refractivity contribution is 6.04. The van der Waals surface area contributed by atoms with Gasteiger partial charge >= 0.3 is 6.03 Å². The first-order valence-corrected chi connectivity index (χ1v) is 11.4. The van der Waals surface area contributed by atoms with Crippen LogP contribution in [0, 0.1) is 5.92 Å². The van der Waals surface area contributed by atoms with Crippen molar-refractivity contribution < 1.29 is 23.9 Å². The fraction of sp³-hybridized carbons (Fsp3) is 0.565. The summed E-state index contributed by atoms with van der Waals surface area (Å²) in [6.07, 6.45) is 4.61. The molecule has 1 aromatic rings. The van der Waals surface area contributed by atoms with Crippen molar-refractivity contribution in [2.45, 2.75) is 62.8 Å². The molecule has 0 spiro atoms. The van der Waals surface area contributed by atoms with E-state index in [1.807, 2.05) is 18.2 Å². The number of carbonyl (C=O) groups excluding carboxylic acids is 4. The Labute approximate surface area is 186 Å². The Balaban J connectivity index is 1.37. The first kappa shape index (κ1) is 20.9. The van der Waals surface area contributed by atoms with Gasteiger partial charge in [0.25, 0.3) is 5.91 Å². The van der Waals surface area contributed by atoms with Crippen molar-refractivity contribution in [3.05, 3.63) is 30.3 Å². The van der Waals surface area contributed by atoms with Crippen molar-refractivity contribution in [2.75, 3.05) is 18.4 Å².